The van der Waals surface area contributed by atoms with E-state index in [1.165, 1.54) is 0 Å². The summed E-state index contributed by atoms with van der Waals surface area (Å²) in [6.45, 7) is 2.43. The minimum atomic E-state index is 0.512. The maximum absolute atomic E-state index is 11.2. The van der Waals surface area contributed by atoms with Gasteiger partial charge in [-0.15, -0.1) is 0 Å². The van der Waals surface area contributed by atoms with E-state index in [4.69, 9.17) is 4.74 Å². The zero-order valence-electron chi connectivity index (χ0n) is 10.9. The normalized spacial score (nSPS) is 10.0. The maximum Gasteiger partial charge on any atom is 0.229 e. The lowest BCUT2D eigenvalue weighted by Crippen LogP contribution is -2.16. The minimum Gasteiger partial charge on any atom is -0.492 e. The monoisotopic (exact) mass is 257 g/mol. The molecule has 0 aliphatic carbocycles. The van der Waals surface area contributed by atoms with Crippen molar-refractivity contribution < 1.29 is 9.53 Å². The third-order valence-electron chi connectivity index (χ3n) is 2.64. The Bertz CT molecular complexity index is 558. The fraction of sp³-hybridized carbons (Fsp3) is 0.214. The number of nitrogens with zero attached hydrogens (tertiary/aromatic N) is 3. The molecule has 0 atom stereocenters. The Hall–Kier alpha value is -2.43. The van der Waals surface area contributed by atoms with E-state index >= 15 is 0 Å². The average molecular weight is 257 g/mol. The summed E-state index contributed by atoms with van der Waals surface area (Å²) in [5.74, 6) is 1.15. The van der Waals surface area contributed by atoms with Crippen LogP contribution in [0.25, 0.3) is 0 Å². The van der Waals surface area contributed by atoms with E-state index in [9.17, 15) is 4.79 Å². The van der Waals surface area contributed by atoms with Gasteiger partial charge in [-0.2, -0.15) is 0 Å². The van der Waals surface area contributed by atoms with Crippen LogP contribution in [0, 0.1) is 0 Å². The topological polar surface area (TPSA) is 55.3 Å². The van der Waals surface area contributed by atoms with E-state index in [2.05, 4.69) is 9.97 Å². The van der Waals surface area contributed by atoms with Gasteiger partial charge in [0.1, 0.15) is 5.75 Å². The Morgan fingerprint density at radius 1 is 1.26 bits per heavy atom. The molecule has 0 radical (unpaired) electrons. The molecular weight excluding hydrogens is 242 g/mol. The maximum atomic E-state index is 11.2. The number of ether oxygens (including phenoxy) is 1. The second-order valence-corrected chi connectivity index (χ2v) is 3.85. The summed E-state index contributed by atoms with van der Waals surface area (Å²) < 4.78 is 5.57. The number of anilines is 2. The van der Waals surface area contributed by atoms with Crippen molar-refractivity contribution in [2.75, 3.05) is 18.6 Å². The van der Waals surface area contributed by atoms with Crippen molar-refractivity contribution in [3.8, 4) is 5.75 Å². The molecule has 2 rings (SSSR count). The van der Waals surface area contributed by atoms with Crippen LogP contribution in [0.5, 0.6) is 5.75 Å². The SMILES string of the molecule is CCOc1cccc(C=O)c1N(C)c1ncccn1. The van der Waals surface area contributed by atoms with Gasteiger partial charge in [-0.3, -0.25) is 4.79 Å². The van der Waals surface area contributed by atoms with Gasteiger partial charge in [0.05, 0.1) is 12.3 Å². The first-order valence-electron chi connectivity index (χ1n) is 5.99. The van der Waals surface area contributed by atoms with Gasteiger partial charge in [0.2, 0.25) is 5.95 Å². The van der Waals surface area contributed by atoms with Gasteiger partial charge in [0.25, 0.3) is 0 Å². The summed E-state index contributed by atoms with van der Waals surface area (Å²) in [4.78, 5) is 21.3. The average Bonchev–Trinajstić information content (AvgIpc) is 2.47. The molecule has 0 fully saturated rings. The van der Waals surface area contributed by atoms with E-state index < -0.39 is 0 Å². The number of para-hydroxylation sites is 1. The molecular formula is C14H15N3O2. The first-order valence-corrected chi connectivity index (χ1v) is 5.99. The fourth-order valence-electron chi connectivity index (χ4n) is 1.83. The number of rotatable bonds is 5. The van der Waals surface area contributed by atoms with Gasteiger partial charge in [-0.25, -0.2) is 9.97 Å². The van der Waals surface area contributed by atoms with Crippen molar-refractivity contribution in [2.24, 2.45) is 0 Å². The molecule has 0 saturated carbocycles. The Kier molecular flexibility index (Phi) is 4.07. The number of aromatic nitrogens is 2. The summed E-state index contributed by atoms with van der Waals surface area (Å²) in [5.41, 5.74) is 1.21. The number of hydrogen-bond acceptors (Lipinski definition) is 5. The van der Waals surface area contributed by atoms with Gasteiger partial charge >= 0.3 is 0 Å². The predicted molar refractivity (Wildman–Crippen MR) is 73.1 cm³/mol. The van der Waals surface area contributed by atoms with E-state index in [1.807, 2.05) is 13.0 Å². The molecule has 5 nitrogen and oxygen atoms in total. The molecule has 5 heteroatoms. The van der Waals surface area contributed by atoms with Crippen molar-refractivity contribution in [1.29, 1.82) is 0 Å². The molecule has 0 spiro atoms. The standard InChI is InChI=1S/C14H15N3O2/c1-3-19-12-7-4-6-11(10-18)13(12)17(2)14-15-8-5-9-16-14/h4-10H,3H2,1-2H3. The minimum absolute atomic E-state index is 0.512. The number of hydrogen-bond donors (Lipinski definition) is 0. The van der Waals surface area contributed by atoms with Crippen molar-refractivity contribution in [1.82, 2.24) is 9.97 Å². The molecule has 1 heterocycles. The van der Waals surface area contributed by atoms with Crippen LogP contribution in [0.3, 0.4) is 0 Å². The third-order valence-corrected chi connectivity index (χ3v) is 2.64. The largest absolute Gasteiger partial charge is 0.492 e. The highest BCUT2D eigenvalue weighted by molar-refractivity contribution is 5.89. The third kappa shape index (κ3) is 2.70. The molecule has 0 unspecified atom stereocenters. The Morgan fingerprint density at radius 2 is 2.00 bits per heavy atom. The van der Waals surface area contributed by atoms with E-state index in [0.717, 1.165) is 6.29 Å². The zero-order valence-corrected chi connectivity index (χ0v) is 10.9. The molecule has 0 aliphatic rings. The molecule has 98 valence electrons. The Balaban J connectivity index is 2.50. The summed E-state index contributed by atoms with van der Waals surface area (Å²) in [6.07, 6.45) is 4.11. The second-order valence-electron chi connectivity index (χ2n) is 3.85. The van der Waals surface area contributed by atoms with Crippen LogP contribution in [0.2, 0.25) is 0 Å². The molecule has 1 aromatic heterocycles. The highest BCUT2D eigenvalue weighted by atomic mass is 16.5. The lowest BCUT2D eigenvalue weighted by atomic mass is 10.1. The number of aldehydes is 1. The molecule has 2 aromatic rings. The smallest absolute Gasteiger partial charge is 0.229 e. The summed E-state index contributed by atoms with van der Waals surface area (Å²) in [5, 5.41) is 0. The Labute approximate surface area is 111 Å². The van der Waals surface area contributed by atoms with Crippen molar-refractivity contribution in [2.45, 2.75) is 6.92 Å². The Morgan fingerprint density at radius 3 is 2.63 bits per heavy atom. The first kappa shape index (κ1) is 13.0. The van der Waals surface area contributed by atoms with Crippen LogP contribution in [0.15, 0.2) is 36.7 Å². The number of carbonyl (C=O) groups excluding carboxylic acids is 1. The molecule has 0 saturated heterocycles. The summed E-state index contributed by atoms with van der Waals surface area (Å²) in [7, 11) is 1.81. The first-order chi connectivity index (χ1) is 9.27. The zero-order chi connectivity index (χ0) is 13.7. The van der Waals surface area contributed by atoms with Crippen LogP contribution < -0.4 is 9.64 Å². The quantitative estimate of drug-likeness (QED) is 0.770. The van der Waals surface area contributed by atoms with Crippen LogP contribution in [0.1, 0.15) is 17.3 Å². The fourth-order valence-corrected chi connectivity index (χ4v) is 1.83. The molecule has 0 bridgehead atoms. The van der Waals surface area contributed by atoms with Crippen molar-refractivity contribution in [3.05, 3.63) is 42.2 Å². The molecule has 0 aliphatic heterocycles. The van der Waals surface area contributed by atoms with Crippen LogP contribution >= 0.6 is 0 Å². The lowest BCUT2D eigenvalue weighted by molar-refractivity contribution is 0.112. The summed E-state index contributed by atoms with van der Waals surface area (Å²) >= 11 is 0. The van der Waals surface area contributed by atoms with Crippen LogP contribution in [0.4, 0.5) is 11.6 Å². The second kappa shape index (κ2) is 5.95. The predicted octanol–water partition coefficient (Wildman–Crippen LogP) is 2.46. The number of benzene rings is 1. The van der Waals surface area contributed by atoms with Gasteiger partial charge in [-0.1, -0.05) is 6.07 Å². The van der Waals surface area contributed by atoms with Crippen LogP contribution in [-0.2, 0) is 0 Å². The molecule has 19 heavy (non-hydrogen) atoms. The van der Waals surface area contributed by atoms with Crippen molar-refractivity contribution in [3.63, 3.8) is 0 Å². The van der Waals surface area contributed by atoms with Crippen LogP contribution in [-0.4, -0.2) is 29.9 Å². The number of carbonyl (C=O) groups is 1. The van der Waals surface area contributed by atoms with E-state index in [-0.39, 0.29) is 0 Å². The van der Waals surface area contributed by atoms with Crippen molar-refractivity contribution >= 4 is 17.9 Å². The van der Waals surface area contributed by atoms with Gasteiger partial charge in [0.15, 0.2) is 6.29 Å². The molecule has 0 N–H and O–H groups in total. The van der Waals surface area contributed by atoms with Gasteiger partial charge < -0.3 is 9.64 Å². The summed E-state index contributed by atoms with van der Waals surface area (Å²) in [6, 6.07) is 7.10. The highest BCUT2D eigenvalue weighted by Crippen LogP contribution is 2.33. The molecule has 1 aromatic carbocycles. The van der Waals surface area contributed by atoms with Gasteiger partial charge in [0, 0.05) is 25.0 Å². The lowest BCUT2D eigenvalue weighted by Gasteiger charge is -2.21. The molecule has 0 amide bonds. The van der Waals surface area contributed by atoms with Gasteiger partial charge in [-0.05, 0) is 25.1 Å². The van der Waals surface area contributed by atoms with E-state index in [0.29, 0.717) is 29.6 Å². The van der Waals surface area contributed by atoms with E-state index in [1.54, 1.807) is 42.5 Å². The highest BCUT2D eigenvalue weighted by Gasteiger charge is 2.16.